The number of hydrogen-bond donors (Lipinski definition) is 2. The summed E-state index contributed by atoms with van der Waals surface area (Å²) in [6, 6.07) is 8.40. The number of anilines is 1. The molecule has 1 aliphatic heterocycles. The molecule has 0 saturated heterocycles. The number of nitrogens with one attached hydrogen (secondary N) is 1. The zero-order chi connectivity index (χ0) is 23.9. The molecule has 0 aliphatic carbocycles. The van der Waals surface area contributed by atoms with Crippen LogP contribution in [0.2, 0.25) is 5.02 Å². The lowest BCUT2D eigenvalue weighted by atomic mass is 9.74. The number of rotatable bonds is 6. The van der Waals surface area contributed by atoms with Gasteiger partial charge in [-0.25, -0.2) is 4.79 Å². The number of benzene rings is 2. The molecule has 2 aromatic rings. The number of hydrogen-bond acceptors (Lipinski definition) is 5. The number of halogens is 4. The van der Waals surface area contributed by atoms with Crippen LogP contribution in [0.1, 0.15) is 41.8 Å². The van der Waals surface area contributed by atoms with E-state index in [2.05, 4.69) is 5.32 Å². The third kappa shape index (κ3) is 4.40. The molecule has 0 radical (unpaired) electrons. The first-order valence-electron chi connectivity index (χ1n) is 9.53. The fraction of sp³-hybridized carbons (Fsp3) is 0.364. The van der Waals surface area contributed by atoms with E-state index in [0.717, 1.165) is 0 Å². The van der Waals surface area contributed by atoms with Crippen molar-refractivity contribution in [3.05, 3.63) is 58.1 Å². The molecule has 0 fully saturated rings. The van der Waals surface area contributed by atoms with Gasteiger partial charge in [0.25, 0.3) is 5.91 Å². The van der Waals surface area contributed by atoms with E-state index in [0.29, 0.717) is 11.1 Å². The van der Waals surface area contributed by atoms with Crippen LogP contribution in [0.3, 0.4) is 0 Å². The lowest BCUT2D eigenvalue weighted by Gasteiger charge is -2.37. The maximum Gasteiger partial charge on any atom is 0.426 e. The normalized spacial score (nSPS) is 15.6. The van der Waals surface area contributed by atoms with Crippen LogP contribution in [0.25, 0.3) is 0 Å². The second kappa shape index (κ2) is 8.29. The Kier molecular flexibility index (Phi) is 6.19. The molecular formula is C22H21ClF3NO5. The maximum absolute atomic E-state index is 14.0. The van der Waals surface area contributed by atoms with Crippen LogP contribution in [0.4, 0.5) is 18.9 Å². The number of fused-ring (bicyclic) bond motifs is 1. The highest BCUT2D eigenvalue weighted by atomic mass is 35.5. The van der Waals surface area contributed by atoms with E-state index in [-0.39, 0.29) is 28.6 Å². The van der Waals surface area contributed by atoms with Gasteiger partial charge in [0, 0.05) is 28.3 Å². The molecule has 0 bridgehead atoms. The Balaban J connectivity index is 1.94. The highest BCUT2D eigenvalue weighted by Gasteiger charge is 2.61. The van der Waals surface area contributed by atoms with E-state index in [1.165, 1.54) is 57.4 Å². The van der Waals surface area contributed by atoms with Crippen molar-refractivity contribution in [3.8, 4) is 5.75 Å². The third-order valence-corrected chi connectivity index (χ3v) is 5.61. The zero-order valence-electron chi connectivity index (χ0n) is 17.5. The third-order valence-electron chi connectivity index (χ3n) is 5.37. The van der Waals surface area contributed by atoms with Crippen molar-refractivity contribution in [1.29, 1.82) is 0 Å². The highest BCUT2D eigenvalue weighted by molar-refractivity contribution is 6.30. The molecule has 0 saturated carbocycles. The molecule has 32 heavy (non-hydrogen) atoms. The number of aliphatic hydroxyl groups is 1. The molecule has 6 nitrogen and oxygen atoms in total. The van der Waals surface area contributed by atoms with Crippen LogP contribution in [0.5, 0.6) is 5.75 Å². The number of carbonyl (C=O) groups is 2. The molecule has 1 unspecified atom stereocenters. The number of amides is 1. The van der Waals surface area contributed by atoms with E-state index in [1.54, 1.807) is 0 Å². The summed E-state index contributed by atoms with van der Waals surface area (Å²) in [6.07, 6.45) is -6.28. The Morgan fingerprint density at radius 2 is 1.91 bits per heavy atom. The van der Waals surface area contributed by atoms with Gasteiger partial charge in [-0.2, -0.15) is 13.2 Å². The summed E-state index contributed by atoms with van der Waals surface area (Å²) in [5.74, 6) is -1.93. The Bertz CT molecular complexity index is 1070. The van der Waals surface area contributed by atoms with Gasteiger partial charge >= 0.3 is 12.1 Å². The van der Waals surface area contributed by atoms with Gasteiger partial charge in [-0.15, -0.1) is 0 Å². The Morgan fingerprint density at radius 3 is 2.53 bits per heavy atom. The van der Waals surface area contributed by atoms with Crippen LogP contribution < -0.4 is 10.1 Å². The van der Waals surface area contributed by atoms with E-state index >= 15 is 0 Å². The van der Waals surface area contributed by atoms with E-state index in [9.17, 15) is 27.9 Å². The van der Waals surface area contributed by atoms with Gasteiger partial charge in [-0.05, 0) is 41.8 Å². The number of methoxy groups -OCH3 is 1. The number of cyclic esters (lactones) is 1. The molecule has 0 aromatic heterocycles. The molecule has 0 spiro atoms. The summed E-state index contributed by atoms with van der Waals surface area (Å²) in [6.45, 7) is 2.84. The standard InChI is InChI=1S/C22H21ClF3NO5/c1-20(2,16-9-13(23)4-7-17(16)31-3)11-21(30,22(24,25)26)19(29)27-14-5-6-15-12(8-14)10-32-18(15)28/h4-9,30H,10-11H2,1-3H3,(H,27,29). The van der Waals surface area contributed by atoms with E-state index < -0.39 is 35.5 Å². The molecule has 3 rings (SSSR count). The van der Waals surface area contributed by atoms with Crippen molar-refractivity contribution in [2.45, 2.75) is 44.1 Å². The minimum absolute atomic E-state index is 0.00660. The molecule has 1 aliphatic rings. The molecule has 10 heteroatoms. The number of carbonyl (C=O) groups excluding carboxylic acids is 2. The molecule has 1 heterocycles. The second-order valence-electron chi connectivity index (χ2n) is 8.17. The molecule has 172 valence electrons. The highest BCUT2D eigenvalue weighted by Crippen LogP contribution is 2.44. The van der Waals surface area contributed by atoms with E-state index in [4.69, 9.17) is 21.1 Å². The molecule has 2 N–H and O–H groups in total. The van der Waals surface area contributed by atoms with E-state index in [1.807, 2.05) is 0 Å². The van der Waals surface area contributed by atoms with Gasteiger partial charge in [0.15, 0.2) is 0 Å². The first kappa shape index (κ1) is 23.9. The fourth-order valence-electron chi connectivity index (χ4n) is 3.70. The van der Waals surface area contributed by atoms with Gasteiger partial charge in [0.05, 0.1) is 12.7 Å². The fourth-order valence-corrected chi connectivity index (χ4v) is 3.87. The topological polar surface area (TPSA) is 84.9 Å². The van der Waals surface area contributed by atoms with Crippen molar-refractivity contribution < 1.29 is 37.3 Å². The average Bonchev–Trinajstić information content (AvgIpc) is 3.07. The lowest BCUT2D eigenvalue weighted by molar-refractivity contribution is -0.254. The molecule has 2 aromatic carbocycles. The van der Waals surface area contributed by atoms with Gasteiger partial charge < -0.3 is 19.9 Å². The van der Waals surface area contributed by atoms with Crippen LogP contribution in [0.15, 0.2) is 36.4 Å². The van der Waals surface area contributed by atoms with Gasteiger partial charge in [-0.3, -0.25) is 4.79 Å². The summed E-state index contributed by atoms with van der Waals surface area (Å²) in [5.41, 5.74) is -4.11. The van der Waals surface area contributed by atoms with Crippen molar-refractivity contribution in [3.63, 3.8) is 0 Å². The predicted molar refractivity (Wildman–Crippen MR) is 111 cm³/mol. The summed E-state index contributed by atoms with van der Waals surface area (Å²) in [7, 11) is 1.35. The van der Waals surface area contributed by atoms with Crippen molar-refractivity contribution >= 4 is 29.2 Å². The average molecular weight is 472 g/mol. The number of ether oxygens (including phenoxy) is 2. The molecular weight excluding hydrogens is 451 g/mol. The van der Waals surface area contributed by atoms with Gasteiger partial charge in [0.1, 0.15) is 12.4 Å². The lowest BCUT2D eigenvalue weighted by Crippen LogP contribution is -2.57. The van der Waals surface area contributed by atoms with Crippen LogP contribution in [0, 0.1) is 0 Å². The Morgan fingerprint density at radius 1 is 1.22 bits per heavy atom. The van der Waals surface area contributed by atoms with Crippen molar-refractivity contribution in [2.24, 2.45) is 0 Å². The maximum atomic E-state index is 14.0. The summed E-state index contributed by atoms with van der Waals surface area (Å²) >= 11 is 6.01. The zero-order valence-corrected chi connectivity index (χ0v) is 18.2. The summed E-state index contributed by atoms with van der Waals surface area (Å²) in [5, 5.41) is 13.0. The first-order chi connectivity index (χ1) is 14.8. The number of alkyl halides is 3. The second-order valence-corrected chi connectivity index (χ2v) is 8.60. The number of esters is 1. The SMILES string of the molecule is COc1ccc(Cl)cc1C(C)(C)CC(O)(C(=O)Nc1ccc2c(c1)COC2=O)C(F)(F)F. The quantitative estimate of drug-likeness (QED) is 0.601. The van der Waals surface area contributed by atoms with Crippen LogP contribution in [-0.2, 0) is 21.6 Å². The summed E-state index contributed by atoms with van der Waals surface area (Å²) in [4.78, 5) is 24.3. The molecule has 1 amide bonds. The first-order valence-corrected chi connectivity index (χ1v) is 9.91. The minimum Gasteiger partial charge on any atom is -0.496 e. The van der Waals surface area contributed by atoms with Crippen LogP contribution in [-0.4, -0.2) is 35.9 Å². The van der Waals surface area contributed by atoms with Crippen molar-refractivity contribution in [1.82, 2.24) is 0 Å². The Hall–Kier alpha value is -2.78. The monoisotopic (exact) mass is 471 g/mol. The molecule has 1 atom stereocenters. The van der Waals surface area contributed by atoms with Gasteiger partial charge in [-0.1, -0.05) is 25.4 Å². The van der Waals surface area contributed by atoms with Gasteiger partial charge in [0.2, 0.25) is 5.60 Å². The Labute approximate surface area is 187 Å². The predicted octanol–water partition coefficient (Wildman–Crippen LogP) is 4.62. The van der Waals surface area contributed by atoms with Crippen LogP contribution >= 0.6 is 11.6 Å². The smallest absolute Gasteiger partial charge is 0.426 e. The summed E-state index contributed by atoms with van der Waals surface area (Å²) < 4.78 is 52.1. The minimum atomic E-state index is -5.28. The largest absolute Gasteiger partial charge is 0.496 e. The van der Waals surface area contributed by atoms with Crippen molar-refractivity contribution in [2.75, 3.05) is 12.4 Å².